The average molecular weight is 281 g/mol. The molecule has 0 aliphatic heterocycles. The molecule has 0 amide bonds. The van der Waals surface area contributed by atoms with Gasteiger partial charge in [0, 0.05) is 25.0 Å². The lowest BCUT2D eigenvalue weighted by molar-refractivity contribution is 0.250. The number of imidazole rings is 1. The number of hydrogen-bond donors (Lipinski definition) is 1. The van der Waals surface area contributed by atoms with Crippen molar-refractivity contribution in [1.82, 2.24) is 14.3 Å². The molecule has 0 spiro atoms. The second kappa shape index (κ2) is 5.58. The van der Waals surface area contributed by atoms with E-state index in [-0.39, 0.29) is 6.04 Å². The highest BCUT2D eigenvalue weighted by atomic mass is 16.3. The Bertz CT molecular complexity index is 717. The summed E-state index contributed by atoms with van der Waals surface area (Å²) in [4.78, 5) is 6.84. The lowest BCUT2D eigenvalue weighted by Crippen LogP contribution is -2.22. The maximum absolute atomic E-state index is 9.59. The van der Waals surface area contributed by atoms with Gasteiger partial charge < -0.3 is 9.51 Å². The van der Waals surface area contributed by atoms with Crippen LogP contribution in [-0.2, 0) is 6.54 Å². The van der Waals surface area contributed by atoms with E-state index in [0.717, 1.165) is 23.4 Å². The van der Waals surface area contributed by atoms with Crippen molar-refractivity contribution in [3.63, 3.8) is 0 Å². The zero-order chi connectivity index (χ0) is 14.8. The first kappa shape index (κ1) is 13.6. The smallest absolute Gasteiger partial charge is 0.137 e. The highest BCUT2D eigenvalue weighted by molar-refractivity contribution is 5.39. The van der Waals surface area contributed by atoms with E-state index in [1.54, 1.807) is 6.07 Å². The third-order valence-corrected chi connectivity index (χ3v) is 3.84. The molecule has 3 rings (SSSR count). The summed E-state index contributed by atoms with van der Waals surface area (Å²) in [5, 5.41) is 9.59. The van der Waals surface area contributed by atoms with Crippen molar-refractivity contribution in [2.24, 2.45) is 0 Å². The minimum atomic E-state index is 0.210. The van der Waals surface area contributed by atoms with Crippen molar-refractivity contribution in [2.75, 3.05) is 7.05 Å². The van der Waals surface area contributed by atoms with Crippen molar-refractivity contribution >= 4 is 5.65 Å². The fourth-order valence-electron chi connectivity index (χ4n) is 2.49. The normalized spacial score (nSPS) is 12.9. The zero-order valence-corrected chi connectivity index (χ0v) is 12.3. The molecule has 0 aliphatic rings. The summed E-state index contributed by atoms with van der Waals surface area (Å²) in [6.07, 6.45) is 4.06. The molecule has 3 aromatic rings. The Morgan fingerprint density at radius 3 is 2.86 bits per heavy atom. The molecule has 2 heterocycles. The molecule has 0 bridgehead atoms. The van der Waals surface area contributed by atoms with Gasteiger partial charge in [-0.25, -0.2) is 4.98 Å². The SMILES string of the molecule is C[C@H](c1cccc(O)c1)N(C)Cc1cn2ccccc2n1. The molecule has 1 atom stereocenters. The molecule has 0 saturated carbocycles. The number of nitrogens with zero attached hydrogens (tertiary/aromatic N) is 3. The van der Waals surface area contributed by atoms with Gasteiger partial charge in [0.25, 0.3) is 0 Å². The van der Waals surface area contributed by atoms with Gasteiger partial charge in [0.2, 0.25) is 0 Å². The van der Waals surface area contributed by atoms with Gasteiger partial charge in [0.1, 0.15) is 11.4 Å². The molecule has 0 radical (unpaired) electrons. The Labute approximate surface area is 124 Å². The first-order valence-electron chi connectivity index (χ1n) is 7.05. The van der Waals surface area contributed by atoms with E-state index in [4.69, 9.17) is 0 Å². The monoisotopic (exact) mass is 281 g/mol. The van der Waals surface area contributed by atoms with Gasteiger partial charge in [-0.2, -0.15) is 0 Å². The molecule has 108 valence electrons. The summed E-state index contributed by atoms with van der Waals surface area (Å²) in [5.41, 5.74) is 3.10. The number of rotatable bonds is 4. The highest BCUT2D eigenvalue weighted by Crippen LogP contribution is 2.23. The van der Waals surface area contributed by atoms with Gasteiger partial charge in [-0.3, -0.25) is 4.90 Å². The summed E-state index contributed by atoms with van der Waals surface area (Å²) in [7, 11) is 2.07. The zero-order valence-electron chi connectivity index (χ0n) is 12.3. The first-order chi connectivity index (χ1) is 10.1. The molecular weight excluding hydrogens is 262 g/mol. The Morgan fingerprint density at radius 2 is 2.10 bits per heavy atom. The fourth-order valence-corrected chi connectivity index (χ4v) is 2.49. The predicted octanol–water partition coefficient (Wildman–Crippen LogP) is 3.23. The van der Waals surface area contributed by atoms with E-state index in [2.05, 4.69) is 30.1 Å². The van der Waals surface area contributed by atoms with Gasteiger partial charge in [0.05, 0.1) is 5.69 Å². The van der Waals surface area contributed by atoms with Gasteiger partial charge >= 0.3 is 0 Å². The third kappa shape index (κ3) is 2.90. The second-order valence-corrected chi connectivity index (χ2v) is 5.38. The number of phenolic OH excluding ortho intramolecular Hbond substituents is 1. The molecule has 0 aliphatic carbocycles. The van der Waals surface area contributed by atoms with Crippen LogP contribution in [0.1, 0.15) is 24.2 Å². The predicted molar refractivity (Wildman–Crippen MR) is 83.2 cm³/mol. The second-order valence-electron chi connectivity index (χ2n) is 5.38. The topological polar surface area (TPSA) is 40.8 Å². The third-order valence-electron chi connectivity index (χ3n) is 3.84. The van der Waals surface area contributed by atoms with E-state index >= 15 is 0 Å². The molecule has 4 heteroatoms. The van der Waals surface area contributed by atoms with E-state index in [9.17, 15) is 5.11 Å². The van der Waals surface area contributed by atoms with Crippen molar-refractivity contribution in [3.8, 4) is 5.75 Å². The van der Waals surface area contributed by atoms with E-state index in [0.29, 0.717) is 5.75 Å². The van der Waals surface area contributed by atoms with E-state index < -0.39 is 0 Å². The summed E-state index contributed by atoms with van der Waals surface area (Å²) < 4.78 is 2.03. The van der Waals surface area contributed by atoms with Gasteiger partial charge in [-0.15, -0.1) is 0 Å². The number of phenols is 1. The molecule has 1 aromatic carbocycles. The Kier molecular flexibility index (Phi) is 3.62. The van der Waals surface area contributed by atoms with Gasteiger partial charge in [-0.1, -0.05) is 18.2 Å². The number of benzene rings is 1. The van der Waals surface area contributed by atoms with Crippen LogP contribution in [0.3, 0.4) is 0 Å². The highest BCUT2D eigenvalue weighted by Gasteiger charge is 2.14. The Morgan fingerprint density at radius 1 is 1.24 bits per heavy atom. The number of aromatic nitrogens is 2. The van der Waals surface area contributed by atoms with Crippen molar-refractivity contribution in [2.45, 2.75) is 19.5 Å². The minimum absolute atomic E-state index is 0.210. The van der Waals surface area contributed by atoms with Crippen LogP contribution in [0, 0.1) is 0 Å². The number of pyridine rings is 1. The maximum Gasteiger partial charge on any atom is 0.137 e. The fraction of sp³-hybridized carbons (Fsp3) is 0.235. The first-order valence-corrected chi connectivity index (χ1v) is 7.05. The quantitative estimate of drug-likeness (QED) is 0.798. The van der Waals surface area contributed by atoms with E-state index in [1.807, 2.05) is 47.0 Å². The van der Waals surface area contributed by atoms with Crippen LogP contribution < -0.4 is 0 Å². The van der Waals surface area contributed by atoms with Crippen LogP contribution in [0.4, 0.5) is 0 Å². The number of aromatic hydroxyl groups is 1. The van der Waals surface area contributed by atoms with Crippen LogP contribution in [-0.4, -0.2) is 26.4 Å². The molecule has 0 fully saturated rings. The summed E-state index contributed by atoms with van der Waals surface area (Å²) in [5.74, 6) is 0.306. The Balaban J connectivity index is 1.77. The largest absolute Gasteiger partial charge is 0.508 e. The van der Waals surface area contributed by atoms with Crippen LogP contribution in [0.2, 0.25) is 0 Å². The van der Waals surface area contributed by atoms with E-state index in [1.165, 1.54) is 0 Å². The van der Waals surface area contributed by atoms with Gasteiger partial charge in [0.15, 0.2) is 0 Å². The molecule has 4 nitrogen and oxygen atoms in total. The lowest BCUT2D eigenvalue weighted by Gasteiger charge is -2.24. The Hall–Kier alpha value is -2.33. The molecule has 0 unspecified atom stereocenters. The maximum atomic E-state index is 9.59. The molecule has 21 heavy (non-hydrogen) atoms. The molecule has 0 saturated heterocycles. The van der Waals surface area contributed by atoms with Crippen LogP contribution >= 0.6 is 0 Å². The molecule has 2 aromatic heterocycles. The minimum Gasteiger partial charge on any atom is -0.508 e. The van der Waals surface area contributed by atoms with Crippen LogP contribution in [0.25, 0.3) is 5.65 Å². The summed E-state index contributed by atoms with van der Waals surface area (Å²) in [6.45, 7) is 2.89. The number of hydrogen-bond acceptors (Lipinski definition) is 3. The summed E-state index contributed by atoms with van der Waals surface area (Å²) >= 11 is 0. The lowest BCUT2D eigenvalue weighted by atomic mass is 10.1. The van der Waals surface area contributed by atoms with Crippen LogP contribution in [0.5, 0.6) is 5.75 Å². The summed E-state index contributed by atoms with van der Waals surface area (Å²) in [6, 6.07) is 13.6. The van der Waals surface area contributed by atoms with Crippen molar-refractivity contribution in [3.05, 3.63) is 66.1 Å². The van der Waals surface area contributed by atoms with Crippen LogP contribution in [0.15, 0.2) is 54.9 Å². The van der Waals surface area contributed by atoms with Crippen molar-refractivity contribution in [1.29, 1.82) is 0 Å². The van der Waals surface area contributed by atoms with Gasteiger partial charge in [-0.05, 0) is 43.8 Å². The average Bonchev–Trinajstić information content (AvgIpc) is 2.88. The standard InChI is InChI=1S/C17H19N3O/c1-13(14-6-5-7-16(21)10-14)19(2)11-15-12-20-9-4-3-8-17(20)18-15/h3-10,12-13,21H,11H2,1-2H3/t13-/m1/s1. The number of fused-ring (bicyclic) bond motifs is 1. The van der Waals surface area contributed by atoms with Crippen molar-refractivity contribution < 1.29 is 5.11 Å². The molecule has 1 N–H and O–H groups in total. The molecular formula is C17H19N3O.